The number of nitrogens with zero attached hydrogens (tertiary/aromatic N) is 4. The van der Waals surface area contributed by atoms with E-state index in [0.29, 0.717) is 23.5 Å². The van der Waals surface area contributed by atoms with Crippen molar-refractivity contribution in [2.45, 2.75) is 45.7 Å². The van der Waals surface area contributed by atoms with Gasteiger partial charge in [-0.15, -0.1) is 5.10 Å². The predicted molar refractivity (Wildman–Crippen MR) is 101 cm³/mol. The molecule has 26 heavy (non-hydrogen) atoms. The predicted octanol–water partition coefficient (Wildman–Crippen LogP) is 1.42. The molecule has 1 aliphatic heterocycles. The van der Waals surface area contributed by atoms with Crippen LogP contribution in [0.5, 0.6) is 0 Å². The summed E-state index contributed by atoms with van der Waals surface area (Å²) >= 11 is 0. The van der Waals surface area contributed by atoms with Crippen molar-refractivity contribution in [3.63, 3.8) is 0 Å². The maximum atomic E-state index is 12.4. The van der Waals surface area contributed by atoms with Gasteiger partial charge in [0.1, 0.15) is 5.52 Å². The first-order chi connectivity index (χ1) is 12.5. The zero-order valence-corrected chi connectivity index (χ0v) is 15.5. The van der Waals surface area contributed by atoms with Crippen molar-refractivity contribution < 1.29 is 4.79 Å². The van der Waals surface area contributed by atoms with E-state index in [-0.39, 0.29) is 24.4 Å². The summed E-state index contributed by atoms with van der Waals surface area (Å²) in [6.45, 7) is 7.50. The molecule has 0 saturated carbocycles. The number of nitrogens with one attached hydrogen (secondary N) is 1. The first-order valence-electron chi connectivity index (χ1n) is 9.38. The van der Waals surface area contributed by atoms with Crippen LogP contribution in [0.25, 0.3) is 10.9 Å². The molecule has 0 aliphatic carbocycles. The molecule has 2 aromatic rings. The summed E-state index contributed by atoms with van der Waals surface area (Å²) in [6, 6.07) is 7.42. The van der Waals surface area contributed by atoms with Crippen molar-refractivity contribution in [1.29, 1.82) is 0 Å². The van der Waals surface area contributed by atoms with Crippen molar-refractivity contribution in [2.24, 2.45) is 5.92 Å². The van der Waals surface area contributed by atoms with Crippen molar-refractivity contribution in [3.05, 3.63) is 34.6 Å². The normalized spacial score (nSPS) is 17.3. The Hall–Kier alpha value is -2.28. The third-order valence-corrected chi connectivity index (χ3v) is 5.22. The molecule has 0 spiro atoms. The molecule has 1 N–H and O–H groups in total. The zero-order valence-electron chi connectivity index (χ0n) is 15.5. The number of piperidine rings is 1. The van der Waals surface area contributed by atoms with Gasteiger partial charge < -0.3 is 5.32 Å². The lowest BCUT2D eigenvalue weighted by molar-refractivity contribution is -0.121. The van der Waals surface area contributed by atoms with Crippen LogP contribution < -0.4 is 10.9 Å². The summed E-state index contributed by atoms with van der Waals surface area (Å²) in [5.74, 6) is 0.735. The highest BCUT2D eigenvalue weighted by Crippen LogP contribution is 2.17. The van der Waals surface area contributed by atoms with Crippen LogP contribution in [0.3, 0.4) is 0 Å². The summed E-state index contributed by atoms with van der Waals surface area (Å²) in [4.78, 5) is 26.9. The van der Waals surface area contributed by atoms with Crippen LogP contribution in [0, 0.1) is 5.92 Å². The van der Waals surface area contributed by atoms with E-state index in [2.05, 4.69) is 34.4 Å². The minimum Gasteiger partial charge on any atom is -0.354 e. The molecule has 1 amide bonds. The molecule has 0 bridgehead atoms. The topological polar surface area (TPSA) is 80.1 Å². The fourth-order valence-electron chi connectivity index (χ4n) is 3.33. The number of aryl methyl sites for hydroxylation is 1. The zero-order chi connectivity index (χ0) is 18.5. The van der Waals surface area contributed by atoms with E-state index in [1.807, 2.05) is 6.07 Å². The number of carbonyl (C=O) groups is 1. The Bertz CT molecular complexity index is 811. The molecule has 1 aromatic carbocycles. The van der Waals surface area contributed by atoms with E-state index >= 15 is 0 Å². The van der Waals surface area contributed by atoms with Crippen LogP contribution in [0.1, 0.15) is 33.1 Å². The van der Waals surface area contributed by atoms with Crippen LogP contribution in [0.15, 0.2) is 29.1 Å². The second-order valence-corrected chi connectivity index (χ2v) is 7.26. The molecular formula is C19H27N5O2. The SMILES string of the molecule is CC1CCN([C@@H](C)CNC(=O)CCn2nnc3ccccc3c2=O)CC1. The molecule has 1 aromatic heterocycles. The van der Waals surface area contributed by atoms with Crippen molar-refractivity contribution in [2.75, 3.05) is 19.6 Å². The highest BCUT2D eigenvalue weighted by Gasteiger charge is 2.20. The van der Waals surface area contributed by atoms with Gasteiger partial charge in [-0.05, 0) is 50.9 Å². The van der Waals surface area contributed by atoms with Crippen LogP contribution in [-0.4, -0.2) is 51.5 Å². The van der Waals surface area contributed by atoms with E-state index in [9.17, 15) is 9.59 Å². The van der Waals surface area contributed by atoms with Crippen LogP contribution in [0.2, 0.25) is 0 Å². The fraction of sp³-hybridized carbons (Fsp3) is 0.579. The highest BCUT2D eigenvalue weighted by atomic mass is 16.2. The maximum absolute atomic E-state index is 12.4. The lowest BCUT2D eigenvalue weighted by atomic mass is 9.98. The van der Waals surface area contributed by atoms with Crippen molar-refractivity contribution in [3.8, 4) is 0 Å². The Morgan fingerprint density at radius 2 is 2.04 bits per heavy atom. The number of amides is 1. The van der Waals surface area contributed by atoms with Crippen molar-refractivity contribution >= 4 is 16.8 Å². The molecular weight excluding hydrogens is 330 g/mol. The monoisotopic (exact) mass is 357 g/mol. The fourth-order valence-corrected chi connectivity index (χ4v) is 3.33. The lowest BCUT2D eigenvalue weighted by Gasteiger charge is -2.35. The molecule has 2 heterocycles. The summed E-state index contributed by atoms with van der Waals surface area (Å²) in [6.07, 6.45) is 2.67. The van der Waals surface area contributed by atoms with Gasteiger partial charge >= 0.3 is 0 Å². The molecule has 7 heteroatoms. The smallest absolute Gasteiger partial charge is 0.277 e. The third-order valence-electron chi connectivity index (χ3n) is 5.22. The number of likely N-dealkylation sites (tertiary alicyclic amines) is 1. The molecule has 1 aliphatic rings. The van der Waals surface area contributed by atoms with E-state index in [0.717, 1.165) is 19.0 Å². The van der Waals surface area contributed by atoms with Crippen LogP contribution in [0.4, 0.5) is 0 Å². The standard InChI is InChI=1S/C19H27N5O2/c1-14-7-10-23(11-8-14)15(2)13-20-18(25)9-12-24-19(26)16-5-3-4-6-17(16)21-22-24/h3-6,14-15H,7-13H2,1-2H3,(H,20,25)/t15-/m0/s1. The lowest BCUT2D eigenvalue weighted by Crippen LogP contribution is -2.45. The molecule has 0 radical (unpaired) electrons. The second kappa shape index (κ2) is 8.40. The molecule has 140 valence electrons. The molecule has 1 fully saturated rings. The number of carbonyl (C=O) groups excluding carboxylic acids is 1. The maximum Gasteiger partial charge on any atom is 0.277 e. The van der Waals surface area contributed by atoms with E-state index in [1.54, 1.807) is 18.2 Å². The van der Waals surface area contributed by atoms with Gasteiger partial charge in [-0.25, -0.2) is 4.68 Å². The average molecular weight is 357 g/mol. The molecule has 7 nitrogen and oxygen atoms in total. The van der Waals surface area contributed by atoms with E-state index in [4.69, 9.17) is 0 Å². The Kier molecular flexibility index (Phi) is 5.98. The Labute approximate surface area is 153 Å². The first-order valence-corrected chi connectivity index (χ1v) is 9.38. The largest absolute Gasteiger partial charge is 0.354 e. The summed E-state index contributed by atoms with van der Waals surface area (Å²) in [5.41, 5.74) is 0.363. The number of benzene rings is 1. The van der Waals surface area contributed by atoms with Crippen molar-refractivity contribution in [1.82, 2.24) is 25.2 Å². The number of hydrogen-bond donors (Lipinski definition) is 1. The minimum atomic E-state index is -0.209. The average Bonchev–Trinajstić information content (AvgIpc) is 2.66. The second-order valence-electron chi connectivity index (χ2n) is 7.26. The quantitative estimate of drug-likeness (QED) is 0.846. The molecule has 1 saturated heterocycles. The Morgan fingerprint density at radius 3 is 2.81 bits per heavy atom. The minimum absolute atomic E-state index is 0.0657. The Morgan fingerprint density at radius 1 is 1.31 bits per heavy atom. The number of rotatable bonds is 6. The summed E-state index contributed by atoms with van der Waals surface area (Å²) in [5, 5.41) is 11.5. The highest BCUT2D eigenvalue weighted by molar-refractivity contribution is 5.77. The Balaban J connectivity index is 1.48. The third kappa shape index (κ3) is 4.46. The van der Waals surface area contributed by atoms with Gasteiger partial charge in [0.25, 0.3) is 5.56 Å². The van der Waals surface area contributed by atoms with Gasteiger partial charge in [0, 0.05) is 19.0 Å². The summed E-state index contributed by atoms with van der Waals surface area (Å²) in [7, 11) is 0. The number of hydrogen-bond acceptors (Lipinski definition) is 5. The molecule has 1 atom stereocenters. The van der Waals surface area contributed by atoms with Gasteiger partial charge in [0.05, 0.1) is 11.9 Å². The van der Waals surface area contributed by atoms with Gasteiger partial charge in [0.15, 0.2) is 0 Å². The summed E-state index contributed by atoms with van der Waals surface area (Å²) < 4.78 is 1.26. The van der Waals surface area contributed by atoms with Crippen LogP contribution >= 0.6 is 0 Å². The molecule has 3 rings (SSSR count). The number of fused-ring (bicyclic) bond motifs is 1. The van der Waals surface area contributed by atoms with E-state index in [1.165, 1.54) is 17.5 Å². The van der Waals surface area contributed by atoms with E-state index < -0.39 is 0 Å². The molecule has 0 unspecified atom stereocenters. The van der Waals surface area contributed by atoms with Gasteiger partial charge in [-0.2, -0.15) is 0 Å². The van der Waals surface area contributed by atoms with Crippen LogP contribution in [-0.2, 0) is 11.3 Å². The van der Waals surface area contributed by atoms with Gasteiger partial charge in [-0.3, -0.25) is 14.5 Å². The first kappa shape index (κ1) is 18.5. The van der Waals surface area contributed by atoms with Gasteiger partial charge in [-0.1, -0.05) is 24.3 Å². The van der Waals surface area contributed by atoms with Gasteiger partial charge in [0.2, 0.25) is 5.91 Å². The number of aromatic nitrogens is 3.